The standard InChI is InChI=1S/3C10H8O7S2.2Al/c3*11-9-8(18(12,13)14)5-6-3-1-2-4-7(6)10(9)19(15,16)17;;/h3*1-5,11H,(H,12,13,14)(H,15,16,17);;/q;;;2*+3/p-6. The molecule has 0 amide bonds. The van der Waals surface area contributed by atoms with E-state index in [2.05, 4.69) is 0 Å². The first kappa shape index (κ1) is 51.2. The first-order valence-corrected chi connectivity index (χ1v) is 22.8. The van der Waals surface area contributed by atoms with Crippen LogP contribution in [-0.2, 0) is 60.7 Å². The van der Waals surface area contributed by atoms with Crippen LogP contribution < -0.4 is 0 Å². The third kappa shape index (κ3) is 11.4. The van der Waals surface area contributed by atoms with Gasteiger partial charge in [0, 0.05) is 16.2 Å². The molecule has 0 aromatic heterocycles. The minimum Gasteiger partial charge on any atom is -0.744 e. The van der Waals surface area contributed by atoms with E-state index in [1.54, 1.807) is 0 Å². The van der Waals surface area contributed by atoms with Gasteiger partial charge in [0.2, 0.25) is 0 Å². The van der Waals surface area contributed by atoms with Gasteiger partial charge < -0.3 is 42.6 Å². The monoisotopic (exact) mass is 960 g/mol. The van der Waals surface area contributed by atoms with Gasteiger partial charge in [0.25, 0.3) is 0 Å². The van der Waals surface area contributed by atoms with Crippen LogP contribution in [0.3, 0.4) is 0 Å². The second-order valence-electron chi connectivity index (χ2n) is 11.0. The Bertz CT molecular complexity index is 2970. The Morgan fingerprint density at radius 1 is 0.322 bits per heavy atom. The molecule has 0 aliphatic carbocycles. The summed E-state index contributed by atoms with van der Waals surface area (Å²) in [5, 5.41) is 28.5. The molecule has 0 atom stereocenters. The maximum atomic E-state index is 11.1. The van der Waals surface area contributed by atoms with Crippen LogP contribution in [0.1, 0.15) is 0 Å². The summed E-state index contributed by atoms with van der Waals surface area (Å²) >= 11 is 0. The fourth-order valence-electron chi connectivity index (χ4n) is 5.17. The zero-order chi connectivity index (χ0) is 43.3. The number of benzene rings is 6. The molecule has 6 aromatic rings. The van der Waals surface area contributed by atoms with E-state index in [0.717, 1.165) is 18.2 Å². The summed E-state index contributed by atoms with van der Waals surface area (Å²) in [5.74, 6) is -4.03. The molecule has 59 heavy (non-hydrogen) atoms. The molecule has 0 saturated carbocycles. The van der Waals surface area contributed by atoms with Gasteiger partial charge in [0.05, 0.1) is 14.7 Å². The fourth-order valence-corrected chi connectivity index (χ4v) is 9.60. The van der Waals surface area contributed by atoms with Crippen LogP contribution in [0, 0.1) is 0 Å². The average molecular weight is 961 g/mol. The van der Waals surface area contributed by atoms with Crippen LogP contribution in [0.15, 0.2) is 120 Å². The smallest absolute Gasteiger partial charge is 0.744 e. The fraction of sp³-hybridized carbons (Fsp3) is 0. The Hall–Kier alpha value is -3.98. The van der Waals surface area contributed by atoms with Crippen molar-refractivity contribution in [3.05, 3.63) is 91.0 Å². The summed E-state index contributed by atoms with van der Waals surface area (Å²) in [6, 6.07) is 18.7. The van der Waals surface area contributed by atoms with Gasteiger partial charge in [-0.05, 0) is 34.4 Å². The van der Waals surface area contributed by atoms with Gasteiger partial charge in [-0.25, -0.2) is 50.5 Å². The van der Waals surface area contributed by atoms with Crippen molar-refractivity contribution < 1.29 is 93.1 Å². The van der Waals surface area contributed by atoms with E-state index in [4.69, 9.17) is 0 Å². The van der Waals surface area contributed by atoms with Gasteiger partial charge in [0.15, 0.2) is 17.2 Å². The van der Waals surface area contributed by atoms with E-state index >= 15 is 0 Å². The summed E-state index contributed by atoms with van der Waals surface area (Å²) in [5.41, 5.74) is 0. The number of hydrogen-bond donors (Lipinski definition) is 3. The van der Waals surface area contributed by atoms with Crippen molar-refractivity contribution in [2.75, 3.05) is 0 Å². The number of fused-ring (bicyclic) bond motifs is 3. The third-order valence-corrected chi connectivity index (χ3v) is 12.7. The number of phenolic OH excluding ortho intramolecular Hbond substituents is 3. The first-order chi connectivity index (χ1) is 25.9. The van der Waals surface area contributed by atoms with E-state index in [1.165, 1.54) is 72.8 Å². The molecule has 0 fully saturated rings. The predicted octanol–water partition coefficient (Wildman–Crippen LogP) is 0.299. The molecule has 6 rings (SSSR count). The van der Waals surface area contributed by atoms with Gasteiger partial charge in [-0.3, -0.25) is 0 Å². The van der Waals surface area contributed by atoms with Crippen LogP contribution in [-0.4, -0.2) is 128 Å². The van der Waals surface area contributed by atoms with Crippen molar-refractivity contribution >= 4 is 128 Å². The molecular weight excluding hydrogens is 943 g/mol. The van der Waals surface area contributed by atoms with Crippen molar-refractivity contribution in [3.63, 3.8) is 0 Å². The number of aromatic hydroxyl groups is 3. The van der Waals surface area contributed by atoms with Crippen LogP contribution >= 0.6 is 0 Å². The second kappa shape index (κ2) is 17.9. The Morgan fingerprint density at radius 2 is 0.508 bits per heavy atom. The third-order valence-electron chi connectivity index (χ3n) is 7.38. The van der Waals surface area contributed by atoms with E-state index in [0.29, 0.717) is 0 Å². The first-order valence-electron chi connectivity index (χ1n) is 14.4. The minimum atomic E-state index is -5.15. The van der Waals surface area contributed by atoms with Crippen molar-refractivity contribution in [1.82, 2.24) is 0 Å². The summed E-state index contributed by atoms with van der Waals surface area (Å²) in [6.45, 7) is 0. The quantitative estimate of drug-likeness (QED) is 0.149. The zero-order valence-electron chi connectivity index (χ0n) is 28.5. The Morgan fingerprint density at radius 3 is 0.678 bits per heavy atom. The van der Waals surface area contributed by atoms with Crippen LogP contribution in [0.4, 0.5) is 0 Å². The van der Waals surface area contributed by atoms with Gasteiger partial charge >= 0.3 is 34.7 Å². The predicted molar refractivity (Wildman–Crippen MR) is 196 cm³/mol. The van der Waals surface area contributed by atoms with Crippen molar-refractivity contribution in [3.8, 4) is 17.2 Å². The minimum absolute atomic E-state index is 0. The topological polar surface area (TPSA) is 404 Å². The molecular formula is C30H18Al2O21S6. The van der Waals surface area contributed by atoms with Crippen LogP contribution in [0.25, 0.3) is 32.3 Å². The van der Waals surface area contributed by atoms with Gasteiger partial charge in [-0.15, -0.1) is 0 Å². The van der Waals surface area contributed by atoms with Crippen molar-refractivity contribution in [1.29, 1.82) is 0 Å². The Labute approximate surface area is 356 Å². The molecule has 0 aliphatic rings. The summed E-state index contributed by atoms with van der Waals surface area (Å²) < 4.78 is 199. The molecule has 3 N–H and O–H groups in total. The van der Waals surface area contributed by atoms with E-state index < -0.39 is 107 Å². The van der Waals surface area contributed by atoms with Gasteiger partial charge in [-0.2, -0.15) is 0 Å². The Balaban J connectivity index is 0.000000300. The number of hydrogen-bond acceptors (Lipinski definition) is 21. The summed E-state index contributed by atoms with van der Waals surface area (Å²) in [7, 11) is -30.8. The molecule has 0 bridgehead atoms. The van der Waals surface area contributed by atoms with Crippen molar-refractivity contribution in [2.45, 2.75) is 29.4 Å². The van der Waals surface area contributed by atoms with E-state index in [-0.39, 0.29) is 67.0 Å². The summed E-state index contributed by atoms with van der Waals surface area (Å²) in [4.78, 5) is -6.75. The molecule has 0 heterocycles. The molecule has 29 heteroatoms. The molecule has 6 aromatic carbocycles. The number of phenols is 3. The van der Waals surface area contributed by atoms with Gasteiger partial charge in [-0.1, -0.05) is 72.8 Å². The Kier molecular flexibility index (Phi) is 15.6. The molecule has 0 spiro atoms. The zero-order valence-corrected chi connectivity index (χ0v) is 35.7. The molecule has 0 unspecified atom stereocenters. The van der Waals surface area contributed by atoms with Crippen LogP contribution in [0.2, 0.25) is 0 Å². The summed E-state index contributed by atoms with van der Waals surface area (Å²) in [6.07, 6.45) is 0. The van der Waals surface area contributed by atoms with Crippen LogP contribution in [0.5, 0.6) is 17.2 Å². The molecule has 0 radical (unpaired) electrons. The molecule has 0 aliphatic heterocycles. The molecule has 0 saturated heterocycles. The van der Waals surface area contributed by atoms with E-state index in [1.807, 2.05) is 0 Å². The SMILES string of the molecule is O=S(=O)([O-])c1cc2ccccc2c(S(=O)(=O)[O-])c1O.O=S(=O)([O-])c1cc2ccccc2c(S(=O)(=O)[O-])c1O.O=S(=O)([O-])c1cc2ccccc2c(S(=O)(=O)[O-])c1O.[Al+3].[Al+3]. The van der Waals surface area contributed by atoms with Gasteiger partial charge in [0.1, 0.15) is 75.4 Å². The maximum absolute atomic E-state index is 11.1. The van der Waals surface area contributed by atoms with Crippen molar-refractivity contribution in [2.24, 2.45) is 0 Å². The molecule has 21 nitrogen and oxygen atoms in total. The number of rotatable bonds is 6. The maximum Gasteiger partial charge on any atom is 3.00 e. The normalized spacial score (nSPS) is 12.3. The largest absolute Gasteiger partial charge is 3.00 e. The average Bonchev–Trinajstić information content (AvgIpc) is 3.04. The van der Waals surface area contributed by atoms with E-state index in [9.17, 15) is 93.1 Å². The second-order valence-corrected chi connectivity index (χ2v) is 19.0. The molecule has 306 valence electrons.